The Kier molecular flexibility index (Phi) is 7.00. The van der Waals surface area contributed by atoms with Crippen molar-refractivity contribution in [2.75, 3.05) is 57.8 Å². The highest BCUT2D eigenvalue weighted by molar-refractivity contribution is 5.91. The average Bonchev–Trinajstić information content (AvgIpc) is 3.01. The van der Waals surface area contributed by atoms with E-state index < -0.39 is 0 Å². The van der Waals surface area contributed by atoms with Crippen LogP contribution in [0.2, 0.25) is 0 Å². The van der Waals surface area contributed by atoms with Crippen molar-refractivity contribution in [3.63, 3.8) is 0 Å². The van der Waals surface area contributed by atoms with Gasteiger partial charge in [-0.2, -0.15) is 0 Å². The third-order valence-corrected chi connectivity index (χ3v) is 5.62. The summed E-state index contributed by atoms with van der Waals surface area (Å²) in [6, 6.07) is 16.0. The van der Waals surface area contributed by atoms with Crippen molar-refractivity contribution in [2.24, 2.45) is 0 Å². The number of benzene rings is 2. The number of rotatable bonds is 6. The summed E-state index contributed by atoms with van der Waals surface area (Å²) in [5.74, 6) is 1.50. The predicted octanol–water partition coefficient (Wildman–Crippen LogP) is 0.283. The van der Waals surface area contributed by atoms with Gasteiger partial charge in [0.2, 0.25) is 0 Å². The maximum absolute atomic E-state index is 12.5. The summed E-state index contributed by atoms with van der Waals surface area (Å²) < 4.78 is 11.3. The highest BCUT2D eigenvalue weighted by Crippen LogP contribution is 2.32. The third kappa shape index (κ3) is 5.84. The maximum atomic E-state index is 12.5. The molecule has 0 aromatic heterocycles. The fourth-order valence-corrected chi connectivity index (χ4v) is 3.94. The van der Waals surface area contributed by atoms with E-state index >= 15 is 0 Å². The molecule has 4 rings (SSSR count). The number of carbonyl (C=O) groups is 1. The van der Waals surface area contributed by atoms with Crippen molar-refractivity contribution in [2.45, 2.75) is 6.42 Å². The molecule has 2 aliphatic heterocycles. The minimum Gasteiger partial charge on any atom is -0.490 e. The molecule has 1 saturated heterocycles. The van der Waals surface area contributed by atoms with Gasteiger partial charge in [-0.05, 0) is 23.8 Å². The number of amides is 1. The van der Waals surface area contributed by atoms with Crippen LogP contribution in [-0.4, -0.2) is 58.4 Å². The van der Waals surface area contributed by atoms with E-state index in [0.29, 0.717) is 25.5 Å². The molecule has 1 amide bonds. The van der Waals surface area contributed by atoms with Gasteiger partial charge in [-0.15, -0.1) is 0 Å². The molecule has 0 radical (unpaired) electrons. The standard InChI is InChI=1S/C24H29N3O3/c28-24(25-21-9-10-22-23(18-21)30-17-5-16-29-22)19-27-14-12-26(13-15-27)11-4-8-20-6-2-1-3-7-20/h1-4,6-10,18H,5,11-17,19H2,(H,25,28)/p+2/b8-4+. The molecule has 2 aromatic carbocycles. The van der Waals surface area contributed by atoms with E-state index in [4.69, 9.17) is 9.47 Å². The van der Waals surface area contributed by atoms with Gasteiger partial charge in [0, 0.05) is 18.2 Å². The molecule has 2 aliphatic rings. The molecule has 0 saturated carbocycles. The molecule has 0 bridgehead atoms. The SMILES string of the molecule is O=C(C[NH+]1CC[NH+](C/C=C/c2ccccc2)CC1)Nc1ccc2c(c1)OCCCO2. The second-order valence-corrected chi connectivity index (χ2v) is 7.95. The minimum absolute atomic E-state index is 0.0481. The fraction of sp³-hybridized carbons (Fsp3) is 0.375. The van der Waals surface area contributed by atoms with Crippen LogP contribution < -0.4 is 24.6 Å². The first-order chi connectivity index (χ1) is 14.8. The molecule has 0 spiro atoms. The van der Waals surface area contributed by atoms with Gasteiger partial charge in [-0.25, -0.2) is 0 Å². The molecule has 30 heavy (non-hydrogen) atoms. The predicted molar refractivity (Wildman–Crippen MR) is 117 cm³/mol. The highest BCUT2D eigenvalue weighted by Gasteiger charge is 2.24. The van der Waals surface area contributed by atoms with Gasteiger partial charge >= 0.3 is 0 Å². The second kappa shape index (κ2) is 10.3. The zero-order valence-corrected chi connectivity index (χ0v) is 17.4. The van der Waals surface area contributed by atoms with Crippen molar-refractivity contribution in [3.8, 4) is 11.5 Å². The Morgan fingerprint density at radius 1 is 0.933 bits per heavy atom. The van der Waals surface area contributed by atoms with Crippen LogP contribution in [0.3, 0.4) is 0 Å². The molecule has 1 fully saturated rings. The molecule has 6 nitrogen and oxygen atoms in total. The van der Waals surface area contributed by atoms with Crippen LogP contribution in [0, 0.1) is 0 Å². The summed E-state index contributed by atoms with van der Waals surface area (Å²) in [6.45, 7) is 7.05. The molecule has 6 heteroatoms. The summed E-state index contributed by atoms with van der Waals surface area (Å²) >= 11 is 0. The maximum Gasteiger partial charge on any atom is 0.279 e. The van der Waals surface area contributed by atoms with Crippen LogP contribution >= 0.6 is 0 Å². The van der Waals surface area contributed by atoms with Crippen LogP contribution in [0.15, 0.2) is 54.6 Å². The number of nitrogens with one attached hydrogen (secondary N) is 3. The Labute approximate surface area is 178 Å². The van der Waals surface area contributed by atoms with Crippen molar-refractivity contribution in [1.82, 2.24) is 0 Å². The Balaban J connectivity index is 1.20. The molecule has 158 valence electrons. The molecule has 0 atom stereocenters. The lowest BCUT2D eigenvalue weighted by Crippen LogP contribution is -3.28. The molecule has 3 N–H and O–H groups in total. The lowest BCUT2D eigenvalue weighted by Gasteiger charge is -2.28. The highest BCUT2D eigenvalue weighted by atomic mass is 16.5. The van der Waals surface area contributed by atoms with E-state index in [1.54, 1.807) is 4.90 Å². The third-order valence-electron chi connectivity index (χ3n) is 5.62. The van der Waals surface area contributed by atoms with Gasteiger partial charge in [0.25, 0.3) is 5.91 Å². The number of ether oxygens (including phenoxy) is 2. The topological polar surface area (TPSA) is 56.4 Å². The van der Waals surface area contributed by atoms with E-state index in [9.17, 15) is 4.79 Å². The molecule has 0 aliphatic carbocycles. The van der Waals surface area contributed by atoms with Crippen molar-refractivity contribution in [1.29, 1.82) is 0 Å². The zero-order chi connectivity index (χ0) is 20.6. The van der Waals surface area contributed by atoms with Crippen LogP contribution in [0.4, 0.5) is 5.69 Å². The Hall–Kier alpha value is -2.83. The molecular formula is C24H31N3O3+2. The van der Waals surface area contributed by atoms with Gasteiger partial charge in [0.15, 0.2) is 18.0 Å². The molecule has 2 heterocycles. The van der Waals surface area contributed by atoms with Gasteiger partial charge in [-0.1, -0.05) is 36.4 Å². The second-order valence-electron chi connectivity index (χ2n) is 7.95. The molecule has 0 unspecified atom stereocenters. The van der Waals surface area contributed by atoms with Crippen LogP contribution in [0.25, 0.3) is 6.08 Å². The summed E-state index contributed by atoms with van der Waals surface area (Å²) in [5.41, 5.74) is 2.01. The van der Waals surface area contributed by atoms with Gasteiger partial charge in [0.05, 0.1) is 19.8 Å². The van der Waals surface area contributed by atoms with E-state index in [2.05, 4.69) is 41.7 Å². The monoisotopic (exact) mass is 409 g/mol. The Bertz CT molecular complexity index is 861. The normalized spacial score (nSPS) is 21.2. The summed E-state index contributed by atoms with van der Waals surface area (Å²) in [4.78, 5) is 15.4. The van der Waals surface area contributed by atoms with Crippen molar-refractivity contribution < 1.29 is 24.1 Å². The lowest BCUT2D eigenvalue weighted by atomic mass is 10.2. The average molecular weight is 410 g/mol. The number of anilines is 1. The summed E-state index contributed by atoms with van der Waals surface area (Å²) in [7, 11) is 0. The van der Waals surface area contributed by atoms with Crippen LogP contribution in [0.1, 0.15) is 12.0 Å². The van der Waals surface area contributed by atoms with E-state index in [1.165, 1.54) is 10.5 Å². The Morgan fingerprint density at radius 2 is 1.67 bits per heavy atom. The smallest absolute Gasteiger partial charge is 0.279 e. The number of carbonyl (C=O) groups excluding carboxylic acids is 1. The first-order valence-electron chi connectivity index (χ1n) is 10.8. The van der Waals surface area contributed by atoms with Crippen LogP contribution in [0.5, 0.6) is 11.5 Å². The van der Waals surface area contributed by atoms with Crippen molar-refractivity contribution in [3.05, 3.63) is 60.2 Å². The van der Waals surface area contributed by atoms with Gasteiger partial charge in [-0.3, -0.25) is 4.79 Å². The first-order valence-corrected chi connectivity index (χ1v) is 10.8. The van der Waals surface area contributed by atoms with Gasteiger partial charge < -0.3 is 24.6 Å². The number of hydrogen-bond donors (Lipinski definition) is 3. The molecule has 2 aromatic rings. The van der Waals surface area contributed by atoms with E-state index in [-0.39, 0.29) is 5.91 Å². The fourth-order valence-electron chi connectivity index (χ4n) is 3.94. The Morgan fingerprint density at radius 3 is 2.47 bits per heavy atom. The quantitative estimate of drug-likeness (QED) is 0.643. The minimum atomic E-state index is 0.0481. The summed E-state index contributed by atoms with van der Waals surface area (Å²) in [5, 5.41) is 3.01. The van der Waals surface area contributed by atoms with Crippen molar-refractivity contribution >= 4 is 17.7 Å². The van der Waals surface area contributed by atoms with E-state index in [1.807, 2.05) is 24.3 Å². The molecular weight excluding hydrogens is 378 g/mol. The van der Waals surface area contributed by atoms with E-state index in [0.717, 1.165) is 50.6 Å². The number of quaternary nitrogens is 2. The first kappa shape index (κ1) is 20.4. The number of hydrogen-bond acceptors (Lipinski definition) is 3. The largest absolute Gasteiger partial charge is 0.490 e. The number of fused-ring (bicyclic) bond motifs is 1. The zero-order valence-electron chi connectivity index (χ0n) is 17.4. The van der Waals surface area contributed by atoms with Crippen LogP contribution in [-0.2, 0) is 4.79 Å². The van der Waals surface area contributed by atoms with Gasteiger partial charge in [0.1, 0.15) is 26.2 Å². The lowest BCUT2D eigenvalue weighted by molar-refractivity contribution is -1.01. The number of piperazine rings is 1. The summed E-state index contributed by atoms with van der Waals surface area (Å²) in [6.07, 6.45) is 5.32.